The molecule has 1 aromatic carbocycles. The lowest BCUT2D eigenvalue weighted by Crippen LogP contribution is -2.07. The largest absolute Gasteiger partial charge is 0.489 e. The summed E-state index contributed by atoms with van der Waals surface area (Å²) in [5, 5.41) is 9.10. The Morgan fingerprint density at radius 1 is 1.47 bits per heavy atom. The van der Waals surface area contributed by atoms with Gasteiger partial charge in [-0.15, -0.1) is 0 Å². The summed E-state index contributed by atoms with van der Waals surface area (Å²) in [5.41, 5.74) is 0.555. The quantitative estimate of drug-likeness (QED) is 0.796. The van der Waals surface area contributed by atoms with E-state index in [0.717, 1.165) is 0 Å². The highest BCUT2D eigenvalue weighted by Gasteiger charge is 2.10. The normalized spacial score (nSPS) is 10.6. The van der Waals surface area contributed by atoms with Crippen LogP contribution in [0.3, 0.4) is 0 Å². The molecule has 1 N–H and O–H groups in total. The molecule has 0 atom stereocenters. The lowest BCUT2D eigenvalue weighted by molar-refractivity contribution is 0.0971. The molecule has 4 heteroatoms. The first-order chi connectivity index (χ1) is 8.04. The molecule has 0 unspecified atom stereocenters. The van der Waals surface area contributed by atoms with Crippen molar-refractivity contribution in [1.29, 1.82) is 0 Å². The van der Waals surface area contributed by atoms with Crippen LogP contribution < -0.4 is 4.74 Å². The van der Waals surface area contributed by atoms with Crippen LogP contribution in [0, 0.1) is 0 Å². The first kappa shape index (κ1) is 14.0. The number of carbonyl (C=O) groups is 1. The highest BCUT2D eigenvalue weighted by Crippen LogP contribution is 2.27. The molecule has 0 heterocycles. The number of aliphatic hydroxyl groups excluding tert-OH is 1. The first-order valence-electron chi connectivity index (χ1n) is 5.65. The number of ketones is 1. The molecule has 0 radical (unpaired) electrons. The van der Waals surface area contributed by atoms with Crippen molar-refractivity contribution in [1.82, 2.24) is 0 Å². The van der Waals surface area contributed by atoms with Gasteiger partial charge in [-0.25, -0.2) is 0 Å². The van der Waals surface area contributed by atoms with E-state index in [2.05, 4.69) is 0 Å². The van der Waals surface area contributed by atoms with Crippen LogP contribution in [0.4, 0.5) is 0 Å². The van der Waals surface area contributed by atoms with Gasteiger partial charge in [0.25, 0.3) is 0 Å². The molecule has 1 aromatic rings. The van der Waals surface area contributed by atoms with Crippen molar-refractivity contribution in [3.8, 4) is 5.75 Å². The van der Waals surface area contributed by atoms with E-state index in [0.29, 0.717) is 29.2 Å². The van der Waals surface area contributed by atoms with Gasteiger partial charge in [0.05, 0.1) is 11.1 Å². The second-order valence-corrected chi connectivity index (χ2v) is 4.47. The fourth-order valence-corrected chi connectivity index (χ4v) is 1.63. The highest BCUT2D eigenvalue weighted by atomic mass is 35.5. The topological polar surface area (TPSA) is 46.5 Å². The van der Waals surface area contributed by atoms with Crippen LogP contribution in [-0.4, -0.2) is 23.6 Å². The van der Waals surface area contributed by atoms with Crippen LogP contribution in [0.1, 0.15) is 37.0 Å². The summed E-state index contributed by atoms with van der Waals surface area (Å²) in [6, 6.07) is 5.01. The van der Waals surface area contributed by atoms with Gasteiger partial charge in [0.15, 0.2) is 5.78 Å². The molecule has 0 saturated carbocycles. The molecule has 0 aliphatic rings. The highest BCUT2D eigenvalue weighted by molar-refractivity contribution is 6.32. The number of rotatable bonds is 6. The zero-order valence-corrected chi connectivity index (χ0v) is 10.8. The van der Waals surface area contributed by atoms with Gasteiger partial charge in [-0.2, -0.15) is 0 Å². The monoisotopic (exact) mass is 256 g/mol. The van der Waals surface area contributed by atoms with Crippen LogP contribution in [0.15, 0.2) is 18.2 Å². The van der Waals surface area contributed by atoms with Crippen molar-refractivity contribution in [2.24, 2.45) is 0 Å². The Hall–Kier alpha value is -1.06. The van der Waals surface area contributed by atoms with Crippen molar-refractivity contribution in [2.45, 2.75) is 32.8 Å². The fourth-order valence-electron chi connectivity index (χ4n) is 1.41. The first-order valence-corrected chi connectivity index (χ1v) is 6.02. The predicted octanol–water partition coefficient (Wildman–Crippen LogP) is 3.08. The Balaban J connectivity index is 2.77. The molecule has 0 fully saturated rings. The maximum Gasteiger partial charge on any atom is 0.163 e. The van der Waals surface area contributed by atoms with Crippen LogP contribution in [0.25, 0.3) is 0 Å². The molecule has 0 spiro atoms. The third-order valence-corrected chi connectivity index (χ3v) is 2.47. The van der Waals surface area contributed by atoms with Crippen molar-refractivity contribution in [3.63, 3.8) is 0 Å². The zero-order valence-electron chi connectivity index (χ0n) is 10.1. The van der Waals surface area contributed by atoms with Crippen molar-refractivity contribution in [2.75, 3.05) is 6.61 Å². The summed E-state index contributed by atoms with van der Waals surface area (Å²) in [6.45, 7) is 3.85. The molecule has 3 nitrogen and oxygen atoms in total. The van der Waals surface area contributed by atoms with Gasteiger partial charge in [-0.1, -0.05) is 11.6 Å². The lowest BCUT2D eigenvalue weighted by Gasteiger charge is -2.11. The van der Waals surface area contributed by atoms with Crippen LogP contribution in [-0.2, 0) is 0 Å². The fraction of sp³-hybridized carbons (Fsp3) is 0.462. The summed E-state index contributed by atoms with van der Waals surface area (Å²) in [7, 11) is 0. The molecule has 94 valence electrons. The van der Waals surface area contributed by atoms with Gasteiger partial charge in [0.1, 0.15) is 5.75 Å². The average Bonchev–Trinajstić information content (AvgIpc) is 2.28. The molecule has 0 saturated heterocycles. The Morgan fingerprint density at radius 2 is 2.18 bits per heavy atom. The second-order valence-electron chi connectivity index (χ2n) is 4.06. The Bertz CT molecular complexity index is 388. The molecular weight excluding hydrogens is 240 g/mol. The summed E-state index contributed by atoms with van der Waals surface area (Å²) >= 11 is 6.02. The molecule has 0 bridgehead atoms. The molecule has 0 amide bonds. The minimum absolute atomic E-state index is 0.0166. The number of ether oxygens (including phenoxy) is 1. The van der Waals surface area contributed by atoms with E-state index in [-0.39, 0.29) is 18.5 Å². The standard InChI is InChI=1S/C13H17ClO3/c1-9(2)17-13-6-5-10(8-11(13)14)12(16)4-3-7-15/h5-6,8-9,15H,3-4,7H2,1-2H3. The smallest absolute Gasteiger partial charge is 0.163 e. The number of hydrogen-bond donors (Lipinski definition) is 1. The summed E-state index contributed by atoms with van der Waals surface area (Å²) in [5.74, 6) is 0.567. The molecular formula is C13H17ClO3. The molecule has 17 heavy (non-hydrogen) atoms. The van der Waals surface area contributed by atoms with E-state index < -0.39 is 0 Å². The number of Topliss-reactive ketones (excluding diaryl/α,β-unsaturated/α-hetero) is 1. The Kier molecular flexibility index (Phi) is 5.45. The van der Waals surface area contributed by atoms with Gasteiger partial charge >= 0.3 is 0 Å². The third kappa shape index (κ3) is 4.36. The van der Waals surface area contributed by atoms with E-state index in [9.17, 15) is 4.79 Å². The predicted molar refractivity (Wildman–Crippen MR) is 67.9 cm³/mol. The summed E-state index contributed by atoms with van der Waals surface area (Å²) in [6.07, 6.45) is 0.848. The number of hydrogen-bond acceptors (Lipinski definition) is 3. The SMILES string of the molecule is CC(C)Oc1ccc(C(=O)CCCO)cc1Cl. The Labute approximate surface area is 106 Å². The summed E-state index contributed by atoms with van der Waals surface area (Å²) in [4.78, 5) is 11.7. The number of benzene rings is 1. The average molecular weight is 257 g/mol. The van der Waals surface area contributed by atoms with Crippen molar-refractivity contribution in [3.05, 3.63) is 28.8 Å². The van der Waals surface area contributed by atoms with Crippen LogP contribution in [0.5, 0.6) is 5.75 Å². The Morgan fingerprint density at radius 3 is 2.71 bits per heavy atom. The van der Waals surface area contributed by atoms with Crippen molar-refractivity contribution >= 4 is 17.4 Å². The third-order valence-electron chi connectivity index (χ3n) is 2.18. The maximum atomic E-state index is 11.7. The van der Waals surface area contributed by atoms with E-state index in [4.69, 9.17) is 21.4 Å². The van der Waals surface area contributed by atoms with Gasteiger partial charge < -0.3 is 9.84 Å². The molecule has 0 aromatic heterocycles. The van der Waals surface area contributed by atoms with Crippen molar-refractivity contribution < 1.29 is 14.6 Å². The van der Waals surface area contributed by atoms with Gasteiger partial charge in [-0.05, 0) is 38.5 Å². The van der Waals surface area contributed by atoms with E-state index in [1.54, 1.807) is 18.2 Å². The van der Waals surface area contributed by atoms with Gasteiger partial charge in [0.2, 0.25) is 0 Å². The minimum atomic E-state index is -0.0166. The molecule has 0 aliphatic carbocycles. The van der Waals surface area contributed by atoms with Crippen LogP contribution in [0.2, 0.25) is 5.02 Å². The number of aliphatic hydroxyl groups is 1. The lowest BCUT2D eigenvalue weighted by atomic mass is 10.1. The molecule has 1 rings (SSSR count). The van der Waals surface area contributed by atoms with Gasteiger partial charge in [0, 0.05) is 18.6 Å². The maximum absolute atomic E-state index is 11.7. The second kappa shape index (κ2) is 6.62. The molecule has 0 aliphatic heterocycles. The number of halogens is 1. The number of carbonyl (C=O) groups excluding carboxylic acids is 1. The summed E-state index contributed by atoms with van der Waals surface area (Å²) < 4.78 is 5.48. The van der Waals surface area contributed by atoms with E-state index >= 15 is 0 Å². The van der Waals surface area contributed by atoms with E-state index in [1.165, 1.54) is 0 Å². The minimum Gasteiger partial charge on any atom is -0.489 e. The van der Waals surface area contributed by atoms with Gasteiger partial charge in [-0.3, -0.25) is 4.79 Å². The van der Waals surface area contributed by atoms with Crippen LogP contribution >= 0.6 is 11.6 Å². The zero-order chi connectivity index (χ0) is 12.8. The van der Waals surface area contributed by atoms with E-state index in [1.807, 2.05) is 13.8 Å².